The Morgan fingerprint density at radius 2 is 1.83 bits per heavy atom. The molecule has 0 bridgehead atoms. The predicted molar refractivity (Wildman–Crippen MR) is 140 cm³/mol. The molecule has 0 aliphatic carbocycles. The van der Waals surface area contributed by atoms with E-state index in [-0.39, 0.29) is 18.1 Å². The van der Waals surface area contributed by atoms with E-state index in [1.807, 2.05) is 73.0 Å². The highest BCUT2D eigenvalue weighted by Crippen LogP contribution is 2.30. The SMILES string of the molecule is CCCCc1cn2c(COC(=O)C(CC)c3ccc(-c4ccccc4)c(C(=O)O)c3)ccc(C)c2n1. The summed E-state index contributed by atoms with van der Waals surface area (Å²) in [6, 6.07) is 18.5. The minimum atomic E-state index is -1.03. The zero-order chi connectivity index (χ0) is 25.7. The van der Waals surface area contributed by atoms with Gasteiger partial charge in [-0.05, 0) is 60.6 Å². The number of carbonyl (C=O) groups is 2. The van der Waals surface area contributed by atoms with Gasteiger partial charge in [0, 0.05) is 6.20 Å². The van der Waals surface area contributed by atoms with Crippen LogP contribution in [0.5, 0.6) is 0 Å². The van der Waals surface area contributed by atoms with Crippen LogP contribution in [0.15, 0.2) is 66.9 Å². The van der Waals surface area contributed by atoms with Crippen molar-refractivity contribution in [2.45, 2.75) is 59.0 Å². The normalized spacial score (nSPS) is 12.0. The molecule has 0 fully saturated rings. The number of carboxylic acid groups (broad SMARTS) is 1. The van der Waals surface area contributed by atoms with Gasteiger partial charge in [0.2, 0.25) is 0 Å². The van der Waals surface area contributed by atoms with Crippen molar-refractivity contribution in [3.05, 3.63) is 94.9 Å². The number of carbonyl (C=O) groups excluding carboxylic acids is 1. The Balaban J connectivity index is 1.56. The van der Waals surface area contributed by atoms with Gasteiger partial charge in [0.25, 0.3) is 0 Å². The average molecular weight is 485 g/mol. The number of carboxylic acids is 1. The molecule has 6 nitrogen and oxygen atoms in total. The van der Waals surface area contributed by atoms with Crippen molar-refractivity contribution >= 4 is 17.6 Å². The maximum atomic E-state index is 13.1. The Morgan fingerprint density at radius 3 is 2.53 bits per heavy atom. The molecular formula is C30H32N2O4. The third-order valence-corrected chi connectivity index (χ3v) is 6.55. The van der Waals surface area contributed by atoms with Crippen LogP contribution in [-0.2, 0) is 22.6 Å². The fourth-order valence-electron chi connectivity index (χ4n) is 4.51. The molecule has 36 heavy (non-hydrogen) atoms. The first kappa shape index (κ1) is 25.2. The Morgan fingerprint density at radius 1 is 1.06 bits per heavy atom. The molecule has 0 saturated carbocycles. The summed E-state index contributed by atoms with van der Waals surface area (Å²) in [6.07, 6.45) is 5.62. The van der Waals surface area contributed by atoms with Crippen molar-refractivity contribution in [2.75, 3.05) is 0 Å². The highest BCUT2D eigenvalue weighted by atomic mass is 16.5. The predicted octanol–water partition coefficient (Wildman–Crippen LogP) is 6.59. The zero-order valence-electron chi connectivity index (χ0n) is 21.0. The van der Waals surface area contributed by atoms with Gasteiger partial charge in [-0.3, -0.25) is 4.79 Å². The minimum absolute atomic E-state index is 0.115. The average Bonchev–Trinajstić information content (AvgIpc) is 3.33. The molecule has 0 aliphatic heterocycles. The number of benzene rings is 2. The lowest BCUT2D eigenvalue weighted by molar-refractivity contribution is -0.147. The number of hydrogen-bond acceptors (Lipinski definition) is 4. The fraction of sp³-hybridized carbons (Fsp3) is 0.300. The van der Waals surface area contributed by atoms with Crippen molar-refractivity contribution in [1.29, 1.82) is 0 Å². The van der Waals surface area contributed by atoms with Crippen molar-refractivity contribution in [2.24, 2.45) is 0 Å². The summed E-state index contributed by atoms with van der Waals surface area (Å²) in [5.74, 6) is -1.96. The zero-order valence-corrected chi connectivity index (χ0v) is 21.0. The molecule has 186 valence electrons. The van der Waals surface area contributed by atoms with Gasteiger partial charge in [0.1, 0.15) is 12.3 Å². The van der Waals surface area contributed by atoms with Gasteiger partial charge in [-0.1, -0.05) is 68.8 Å². The van der Waals surface area contributed by atoms with E-state index in [2.05, 4.69) is 6.92 Å². The van der Waals surface area contributed by atoms with E-state index in [1.165, 1.54) is 0 Å². The molecule has 4 rings (SSSR count). The molecular weight excluding hydrogens is 452 g/mol. The Kier molecular flexibility index (Phi) is 7.84. The monoisotopic (exact) mass is 484 g/mol. The van der Waals surface area contributed by atoms with E-state index in [1.54, 1.807) is 12.1 Å². The van der Waals surface area contributed by atoms with Crippen LogP contribution in [0.1, 0.15) is 71.9 Å². The summed E-state index contributed by atoms with van der Waals surface area (Å²) in [5, 5.41) is 9.85. The van der Waals surface area contributed by atoms with E-state index in [4.69, 9.17) is 9.72 Å². The Labute approximate surface area is 211 Å². The molecule has 0 spiro atoms. The van der Waals surface area contributed by atoms with Gasteiger partial charge in [0.05, 0.1) is 22.9 Å². The molecule has 6 heteroatoms. The summed E-state index contributed by atoms with van der Waals surface area (Å²) < 4.78 is 7.76. The maximum Gasteiger partial charge on any atom is 0.336 e. The van der Waals surface area contributed by atoms with Gasteiger partial charge >= 0.3 is 11.9 Å². The van der Waals surface area contributed by atoms with Gasteiger partial charge in [-0.15, -0.1) is 0 Å². The molecule has 2 aromatic carbocycles. The Hall–Kier alpha value is -3.93. The smallest absolute Gasteiger partial charge is 0.336 e. The van der Waals surface area contributed by atoms with E-state index in [9.17, 15) is 14.7 Å². The van der Waals surface area contributed by atoms with E-state index >= 15 is 0 Å². The first-order valence-electron chi connectivity index (χ1n) is 12.5. The highest BCUT2D eigenvalue weighted by Gasteiger charge is 2.23. The number of fused-ring (bicyclic) bond motifs is 1. The summed E-state index contributed by atoms with van der Waals surface area (Å²) in [4.78, 5) is 29.9. The number of rotatable bonds is 10. The third kappa shape index (κ3) is 5.33. The summed E-state index contributed by atoms with van der Waals surface area (Å²) in [7, 11) is 0. The van der Waals surface area contributed by atoms with E-state index in [0.717, 1.165) is 47.4 Å². The summed E-state index contributed by atoms with van der Waals surface area (Å²) >= 11 is 0. The van der Waals surface area contributed by atoms with Crippen molar-refractivity contribution < 1.29 is 19.4 Å². The molecule has 0 amide bonds. The standard InChI is InChI=1S/C30H32N2O4/c1-4-6-12-23-18-32-24(15-13-20(3)28(32)31-23)19-36-30(35)25(5-2)22-14-16-26(27(17-22)29(33)34)21-10-8-7-9-11-21/h7-11,13-18,25H,4-6,12,19H2,1-3H3,(H,33,34). The lowest BCUT2D eigenvalue weighted by Crippen LogP contribution is -2.17. The topological polar surface area (TPSA) is 80.9 Å². The number of aromatic carboxylic acids is 1. The van der Waals surface area contributed by atoms with Crippen molar-refractivity contribution in [3.63, 3.8) is 0 Å². The summed E-state index contributed by atoms with van der Waals surface area (Å²) in [5.41, 5.74) is 6.07. The molecule has 2 aromatic heterocycles. The van der Waals surface area contributed by atoms with Crippen molar-refractivity contribution in [1.82, 2.24) is 9.38 Å². The second-order valence-electron chi connectivity index (χ2n) is 9.08. The quantitative estimate of drug-likeness (QED) is 0.257. The van der Waals surface area contributed by atoms with Crippen LogP contribution >= 0.6 is 0 Å². The second-order valence-corrected chi connectivity index (χ2v) is 9.08. The number of nitrogens with zero attached hydrogens (tertiary/aromatic N) is 2. The number of pyridine rings is 1. The Bertz CT molecular complexity index is 1370. The molecule has 2 heterocycles. The maximum absolute atomic E-state index is 13.1. The van der Waals surface area contributed by atoms with Gasteiger partial charge in [-0.25, -0.2) is 9.78 Å². The van der Waals surface area contributed by atoms with Crippen molar-refractivity contribution in [3.8, 4) is 11.1 Å². The van der Waals surface area contributed by atoms with Gasteiger partial charge in [-0.2, -0.15) is 0 Å². The van der Waals surface area contributed by atoms with Crippen LogP contribution in [0.2, 0.25) is 0 Å². The molecule has 1 N–H and O–H groups in total. The van der Waals surface area contributed by atoms with Gasteiger partial charge in [0.15, 0.2) is 0 Å². The molecule has 0 aliphatic rings. The lowest BCUT2D eigenvalue weighted by Gasteiger charge is -2.17. The first-order valence-corrected chi connectivity index (χ1v) is 12.5. The van der Waals surface area contributed by atoms with Crippen LogP contribution in [-0.4, -0.2) is 26.4 Å². The van der Waals surface area contributed by atoms with E-state index < -0.39 is 11.9 Å². The lowest BCUT2D eigenvalue weighted by atomic mass is 9.91. The van der Waals surface area contributed by atoms with Crippen LogP contribution < -0.4 is 0 Å². The number of ether oxygens (including phenoxy) is 1. The number of unbranched alkanes of at least 4 members (excludes halogenated alkanes) is 1. The minimum Gasteiger partial charge on any atom is -0.478 e. The third-order valence-electron chi connectivity index (χ3n) is 6.55. The van der Waals surface area contributed by atoms with E-state index in [0.29, 0.717) is 17.5 Å². The molecule has 0 radical (unpaired) electrons. The molecule has 4 aromatic rings. The van der Waals surface area contributed by atoms with Gasteiger partial charge < -0.3 is 14.2 Å². The largest absolute Gasteiger partial charge is 0.478 e. The molecule has 1 atom stereocenters. The number of aryl methyl sites for hydroxylation is 2. The molecule has 0 saturated heterocycles. The fourth-order valence-corrected chi connectivity index (χ4v) is 4.51. The number of aromatic nitrogens is 2. The second kappa shape index (κ2) is 11.2. The van der Waals surface area contributed by atoms with Crippen LogP contribution in [0.3, 0.4) is 0 Å². The van der Waals surface area contributed by atoms with Crippen LogP contribution in [0.25, 0.3) is 16.8 Å². The van der Waals surface area contributed by atoms with Crippen LogP contribution in [0, 0.1) is 6.92 Å². The molecule has 1 unspecified atom stereocenters. The highest BCUT2D eigenvalue weighted by molar-refractivity contribution is 5.96. The summed E-state index contributed by atoms with van der Waals surface area (Å²) in [6.45, 7) is 6.19. The number of esters is 1. The number of imidazole rings is 1. The number of hydrogen-bond donors (Lipinski definition) is 1. The first-order chi connectivity index (χ1) is 17.4. The van der Waals surface area contributed by atoms with Crippen LogP contribution in [0.4, 0.5) is 0 Å².